The fourth-order valence-electron chi connectivity index (χ4n) is 3.27. The first-order valence-electron chi connectivity index (χ1n) is 8.77. The van der Waals surface area contributed by atoms with Crippen LogP contribution >= 0.6 is 11.8 Å². The molecule has 0 saturated heterocycles. The minimum Gasteiger partial charge on any atom is -0.493 e. The Balaban J connectivity index is 1.63. The third-order valence-corrected chi connectivity index (χ3v) is 5.80. The molecule has 0 aliphatic carbocycles. The van der Waals surface area contributed by atoms with Gasteiger partial charge in [-0.15, -0.1) is 11.8 Å². The predicted octanol–water partition coefficient (Wildman–Crippen LogP) is 3.94. The number of ketones is 1. The van der Waals surface area contributed by atoms with Gasteiger partial charge in [-0.05, 0) is 30.3 Å². The normalized spacial score (nSPS) is 16.1. The number of aromatic amines is 1. The van der Waals surface area contributed by atoms with Crippen molar-refractivity contribution in [2.24, 2.45) is 4.99 Å². The van der Waals surface area contributed by atoms with Crippen molar-refractivity contribution in [2.45, 2.75) is 6.04 Å². The fourth-order valence-corrected chi connectivity index (χ4v) is 4.31. The van der Waals surface area contributed by atoms with Crippen molar-refractivity contribution in [3.63, 3.8) is 0 Å². The molecule has 0 spiro atoms. The number of Topliss-reactive ketones (excluding diaryl/α,β-unsaturated/α-hetero) is 1. The summed E-state index contributed by atoms with van der Waals surface area (Å²) >= 11 is 1.60. The fraction of sp³-hybridized carbons (Fsp3) is 0.238. The quantitative estimate of drug-likeness (QED) is 0.639. The van der Waals surface area contributed by atoms with E-state index in [2.05, 4.69) is 16.0 Å². The third-order valence-electron chi connectivity index (χ3n) is 4.70. The van der Waals surface area contributed by atoms with E-state index in [1.165, 1.54) is 21.3 Å². The van der Waals surface area contributed by atoms with Gasteiger partial charge in [0.2, 0.25) is 5.75 Å². The minimum atomic E-state index is -0.440. The van der Waals surface area contributed by atoms with Crippen LogP contribution < -0.4 is 14.2 Å². The second-order valence-electron chi connectivity index (χ2n) is 6.32. The number of rotatable bonds is 6. The Morgan fingerprint density at radius 2 is 1.82 bits per heavy atom. The summed E-state index contributed by atoms with van der Waals surface area (Å²) in [4.78, 5) is 20.9. The van der Waals surface area contributed by atoms with Crippen LogP contribution in [0.5, 0.6) is 17.2 Å². The Morgan fingerprint density at radius 1 is 1.07 bits per heavy atom. The molecule has 3 aromatic rings. The van der Waals surface area contributed by atoms with E-state index in [1.54, 1.807) is 23.9 Å². The summed E-state index contributed by atoms with van der Waals surface area (Å²) in [5, 5.41) is 2.01. The molecule has 0 fully saturated rings. The van der Waals surface area contributed by atoms with Crippen LogP contribution in [-0.2, 0) is 0 Å². The molecule has 1 atom stereocenters. The number of aliphatic imine (C=N–C) groups is 1. The molecule has 1 N–H and O–H groups in total. The van der Waals surface area contributed by atoms with Crippen molar-refractivity contribution in [3.8, 4) is 17.2 Å². The number of carbonyl (C=O) groups excluding carboxylic acids is 1. The number of hydrogen-bond acceptors (Lipinski definition) is 6. The lowest BCUT2D eigenvalue weighted by molar-refractivity contribution is 0.0971. The van der Waals surface area contributed by atoms with Gasteiger partial charge >= 0.3 is 0 Å². The van der Waals surface area contributed by atoms with Gasteiger partial charge in [0.1, 0.15) is 6.04 Å². The third kappa shape index (κ3) is 3.22. The molecule has 0 bridgehead atoms. The van der Waals surface area contributed by atoms with E-state index in [0.29, 0.717) is 28.6 Å². The first-order valence-corrected chi connectivity index (χ1v) is 9.75. The SMILES string of the molecule is COc1cc(C(=O)C2CSC(c3ccc4[nH]ccc4c3)=N2)cc(OC)c1OC. The summed E-state index contributed by atoms with van der Waals surface area (Å²) < 4.78 is 16.0. The highest BCUT2D eigenvalue weighted by atomic mass is 32.2. The molecule has 0 saturated carbocycles. The number of hydrogen-bond donors (Lipinski definition) is 1. The first-order chi connectivity index (χ1) is 13.6. The molecule has 1 aliphatic heterocycles. The summed E-state index contributed by atoms with van der Waals surface area (Å²) in [6, 6.07) is 11.1. The number of ether oxygens (including phenoxy) is 3. The van der Waals surface area contributed by atoms with Crippen LogP contribution in [0.15, 0.2) is 47.6 Å². The average Bonchev–Trinajstić information content (AvgIpc) is 3.40. The van der Waals surface area contributed by atoms with Gasteiger partial charge in [0.05, 0.1) is 26.4 Å². The van der Waals surface area contributed by atoms with E-state index in [4.69, 9.17) is 14.2 Å². The van der Waals surface area contributed by atoms with Gasteiger partial charge in [-0.2, -0.15) is 0 Å². The monoisotopic (exact) mass is 396 g/mol. The molecule has 1 unspecified atom stereocenters. The van der Waals surface area contributed by atoms with Crippen molar-refractivity contribution in [1.82, 2.24) is 4.98 Å². The van der Waals surface area contributed by atoms with Gasteiger partial charge in [0.25, 0.3) is 0 Å². The standard InChI is InChI=1S/C21H20N2O4S/c1-25-17-9-14(10-18(26-2)20(17)27-3)19(24)16-11-28-21(23-16)13-4-5-15-12(8-13)6-7-22-15/h4-10,16,22H,11H2,1-3H3. The van der Waals surface area contributed by atoms with Crippen molar-refractivity contribution in [2.75, 3.05) is 27.1 Å². The lowest BCUT2D eigenvalue weighted by atomic mass is 10.0. The van der Waals surface area contributed by atoms with Gasteiger partial charge in [0.15, 0.2) is 17.3 Å². The predicted molar refractivity (Wildman–Crippen MR) is 112 cm³/mol. The van der Waals surface area contributed by atoms with Gasteiger partial charge in [0, 0.05) is 34.0 Å². The first kappa shape index (κ1) is 18.4. The number of aromatic nitrogens is 1. The van der Waals surface area contributed by atoms with E-state index in [1.807, 2.05) is 24.4 Å². The van der Waals surface area contributed by atoms with Gasteiger partial charge < -0.3 is 19.2 Å². The summed E-state index contributed by atoms with van der Waals surface area (Å²) in [5.74, 6) is 1.92. The smallest absolute Gasteiger partial charge is 0.203 e. The van der Waals surface area contributed by atoms with E-state index >= 15 is 0 Å². The molecule has 7 heteroatoms. The second-order valence-corrected chi connectivity index (χ2v) is 7.33. The van der Waals surface area contributed by atoms with Crippen LogP contribution in [0.1, 0.15) is 15.9 Å². The summed E-state index contributed by atoms with van der Waals surface area (Å²) in [5.41, 5.74) is 2.60. The Morgan fingerprint density at radius 3 is 2.50 bits per heavy atom. The molecule has 0 radical (unpaired) electrons. The van der Waals surface area contributed by atoms with Gasteiger partial charge in [-0.25, -0.2) is 0 Å². The lowest BCUT2D eigenvalue weighted by Crippen LogP contribution is -2.19. The van der Waals surface area contributed by atoms with Gasteiger partial charge in [-0.1, -0.05) is 6.07 Å². The largest absolute Gasteiger partial charge is 0.493 e. The zero-order valence-corrected chi connectivity index (χ0v) is 16.6. The Hall–Kier alpha value is -2.93. The number of H-pyrrole nitrogens is 1. The zero-order chi connectivity index (χ0) is 19.7. The number of carbonyl (C=O) groups is 1. The summed E-state index contributed by atoms with van der Waals surface area (Å²) in [6.45, 7) is 0. The summed E-state index contributed by atoms with van der Waals surface area (Å²) in [7, 11) is 4.60. The maximum Gasteiger partial charge on any atom is 0.203 e. The van der Waals surface area contributed by atoms with Crippen molar-refractivity contribution in [1.29, 1.82) is 0 Å². The number of benzene rings is 2. The number of nitrogens with one attached hydrogen (secondary N) is 1. The van der Waals surface area contributed by atoms with E-state index in [-0.39, 0.29) is 5.78 Å². The molecular formula is C21H20N2O4S. The van der Waals surface area contributed by atoms with Crippen LogP contribution in [0, 0.1) is 0 Å². The Bertz CT molecular complexity index is 1050. The number of fused-ring (bicyclic) bond motifs is 1. The molecule has 6 nitrogen and oxygen atoms in total. The van der Waals surface area contributed by atoms with E-state index < -0.39 is 6.04 Å². The highest BCUT2D eigenvalue weighted by Gasteiger charge is 2.28. The zero-order valence-electron chi connectivity index (χ0n) is 15.8. The molecule has 2 aromatic carbocycles. The number of thioether (sulfide) groups is 1. The average molecular weight is 396 g/mol. The molecule has 4 rings (SSSR count). The molecule has 2 heterocycles. The molecular weight excluding hydrogens is 376 g/mol. The maximum atomic E-state index is 13.1. The highest BCUT2D eigenvalue weighted by molar-refractivity contribution is 8.14. The van der Waals surface area contributed by atoms with Gasteiger partial charge in [-0.3, -0.25) is 9.79 Å². The topological polar surface area (TPSA) is 72.9 Å². The van der Waals surface area contributed by atoms with E-state index in [9.17, 15) is 4.79 Å². The second kappa shape index (κ2) is 7.59. The molecule has 1 aromatic heterocycles. The lowest BCUT2D eigenvalue weighted by Gasteiger charge is -2.14. The Labute approximate surface area is 166 Å². The van der Waals surface area contributed by atoms with E-state index in [0.717, 1.165) is 21.5 Å². The maximum absolute atomic E-state index is 13.1. The van der Waals surface area contributed by atoms with Crippen LogP contribution in [0.3, 0.4) is 0 Å². The van der Waals surface area contributed by atoms with Crippen molar-refractivity contribution >= 4 is 33.5 Å². The minimum absolute atomic E-state index is 0.0653. The van der Waals surface area contributed by atoms with Crippen molar-refractivity contribution in [3.05, 3.63) is 53.7 Å². The summed E-state index contributed by atoms with van der Waals surface area (Å²) in [6.07, 6.45) is 1.91. The molecule has 0 amide bonds. The molecule has 28 heavy (non-hydrogen) atoms. The number of methoxy groups -OCH3 is 3. The Kier molecular flexibility index (Phi) is 5.00. The van der Waals surface area contributed by atoms with Crippen LogP contribution in [-0.4, -0.2) is 48.9 Å². The molecule has 1 aliphatic rings. The highest BCUT2D eigenvalue weighted by Crippen LogP contribution is 2.39. The van der Waals surface area contributed by atoms with Crippen LogP contribution in [0.4, 0.5) is 0 Å². The van der Waals surface area contributed by atoms with Crippen LogP contribution in [0.2, 0.25) is 0 Å². The molecule has 144 valence electrons. The van der Waals surface area contributed by atoms with Crippen LogP contribution in [0.25, 0.3) is 10.9 Å². The number of nitrogens with zero attached hydrogens (tertiary/aromatic N) is 1. The van der Waals surface area contributed by atoms with Crippen molar-refractivity contribution < 1.29 is 19.0 Å².